The lowest BCUT2D eigenvalue weighted by Gasteiger charge is -2.26. The average Bonchev–Trinajstić information content (AvgIpc) is 2.96. The van der Waals surface area contributed by atoms with Crippen LogP contribution in [-0.2, 0) is 24.3 Å². The van der Waals surface area contributed by atoms with Gasteiger partial charge >= 0.3 is 5.97 Å². The highest BCUT2D eigenvalue weighted by molar-refractivity contribution is 7.98. The molecule has 0 saturated carbocycles. The van der Waals surface area contributed by atoms with E-state index in [0.717, 1.165) is 24.4 Å². The number of ether oxygens (including phenoxy) is 2. The van der Waals surface area contributed by atoms with Crippen molar-refractivity contribution in [2.45, 2.75) is 32.5 Å². The van der Waals surface area contributed by atoms with Crippen LogP contribution in [0.25, 0.3) is 0 Å². The average molecular weight is 418 g/mol. The van der Waals surface area contributed by atoms with Crippen molar-refractivity contribution >= 4 is 17.7 Å². The molecular weight excluding hydrogens is 390 g/mol. The zero-order valence-electron chi connectivity index (χ0n) is 17.1. The van der Waals surface area contributed by atoms with E-state index >= 15 is 0 Å². The summed E-state index contributed by atoms with van der Waals surface area (Å²) in [7, 11) is 1.35. The Morgan fingerprint density at radius 2 is 2.17 bits per heavy atom. The maximum atomic E-state index is 12.8. The van der Waals surface area contributed by atoms with Gasteiger partial charge in [-0.25, -0.2) is 4.79 Å². The summed E-state index contributed by atoms with van der Waals surface area (Å²) in [5.41, 5.74) is 1.73. The predicted molar refractivity (Wildman–Crippen MR) is 114 cm³/mol. The molecular formula is C21H27N3O4S. The van der Waals surface area contributed by atoms with Gasteiger partial charge in [-0.05, 0) is 19.2 Å². The molecule has 29 heavy (non-hydrogen) atoms. The molecule has 3 rings (SSSR count). The van der Waals surface area contributed by atoms with Crippen LogP contribution in [-0.4, -0.2) is 58.7 Å². The van der Waals surface area contributed by atoms with Crippen molar-refractivity contribution in [1.29, 1.82) is 0 Å². The molecule has 0 radical (unpaired) electrons. The fourth-order valence-corrected chi connectivity index (χ4v) is 4.33. The molecule has 1 aliphatic rings. The number of thioether (sulfide) groups is 1. The monoisotopic (exact) mass is 417 g/mol. The first-order valence-corrected chi connectivity index (χ1v) is 11.0. The number of nitrogens with zero attached hydrogens (tertiary/aromatic N) is 3. The van der Waals surface area contributed by atoms with Gasteiger partial charge in [0.2, 0.25) is 0 Å². The minimum absolute atomic E-state index is 0.159. The highest BCUT2D eigenvalue weighted by Gasteiger charge is 2.27. The summed E-state index contributed by atoms with van der Waals surface area (Å²) in [6.45, 7) is 4.50. The number of aromatic nitrogens is 2. The normalized spacial score (nSPS) is 15.3. The Hall–Kier alpha value is -2.32. The summed E-state index contributed by atoms with van der Waals surface area (Å²) in [4.78, 5) is 31.8. The van der Waals surface area contributed by atoms with Crippen LogP contribution in [0.2, 0.25) is 0 Å². The number of fused-ring (bicyclic) bond motifs is 1. The topological polar surface area (TPSA) is 73.7 Å². The molecule has 0 aromatic carbocycles. The Balaban J connectivity index is 1.93. The van der Waals surface area contributed by atoms with Crippen LogP contribution < -0.4 is 10.3 Å². The van der Waals surface area contributed by atoms with E-state index in [0.29, 0.717) is 30.3 Å². The van der Waals surface area contributed by atoms with E-state index in [2.05, 4.69) is 23.1 Å². The van der Waals surface area contributed by atoms with Gasteiger partial charge in [-0.15, -0.1) is 0 Å². The van der Waals surface area contributed by atoms with Crippen LogP contribution in [0.15, 0.2) is 35.4 Å². The highest BCUT2D eigenvalue weighted by atomic mass is 32.2. The van der Waals surface area contributed by atoms with Crippen LogP contribution in [0.4, 0.5) is 0 Å². The van der Waals surface area contributed by atoms with E-state index in [-0.39, 0.29) is 17.9 Å². The molecule has 1 aliphatic heterocycles. The molecule has 2 aromatic heterocycles. The summed E-state index contributed by atoms with van der Waals surface area (Å²) < 4.78 is 12.6. The van der Waals surface area contributed by atoms with E-state index in [4.69, 9.17) is 9.47 Å². The molecule has 0 aliphatic carbocycles. The van der Waals surface area contributed by atoms with Gasteiger partial charge in [-0.2, -0.15) is 11.8 Å². The van der Waals surface area contributed by atoms with Crippen molar-refractivity contribution in [1.82, 2.24) is 14.5 Å². The molecule has 0 N–H and O–H groups in total. The van der Waals surface area contributed by atoms with Gasteiger partial charge in [0, 0.05) is 67.6 Å². The quantitative estimate of drug-likeness (QED) is 0.640. The van der Waals surface area contributed by atoms with Gasteiger partial charge in [-0.3, -0.25) is 14.7 Å². The second kappa shape index (κ2) is 9.93. The van der Waals surface area contributed by atoms with E-state index in [9.17, 15) is 9.59 Å². The van der Waals surface area contributed by atoms with E-state index < -0.39 is 5.97 Å². The number of methoxy groups -OCH3 is 1. The Morgan fingerprint density at radius 1 is 1.34 bits per heavy atom. The minimum atomic E-state index is -0.486. The lowest BCUT2D eigenvalue weighted by molar-refractivity contribution is 0.0592. The van der Waals surface area contributed by atoms with Crippen molar-refractivity contribution in [3.8, 4) is 5.75 Å². The number of esters is 1. The molecule has 0 amide bonds. The van der Waals surface area contributed by atoms with Gasteiger partial charge in [-0.1, -0.05) is 6.07 Å². The second-order valence-corrected chi connectivity index (χ2v) is 7.96. The fourth-order valence-electron chi connectivity index (χ4n) is 3.63. The third kappa shape index (κ3) is 5.00. The number of hydrogen-bond donors (Lipinski definition) is 0. The SMILES string of the molecule is COC(=O)c1c(OCc2cccnc2)cc(=O)n2c1CCN(C(C)CSC)CC2. The molecule has 0 spiro atoms. The first-order chi connectivity index (χ1) is 14.0. The third-order valence-corrected chi connectivity index (χ3v) is 5.98. The molecule has 1 atom stereocenters. The van der Waals surface area contributed by atoms with Crippen molar-refractivity contribution in [2.75, 3.05) is 32.2 Å². The summed E-state index contributed by atoms with van der Waals surface area (Å²) >= 11 is 1.81. The third-order valence-electron chi connectivity index (χ3n) is 5.17. The van der Waals surface area contributed by atoms with Gasteiger partial charge in [0.05, 0.1) is 7.11 Å². The zero-order chi connectivity index (χ0) is 20.8. The van der Waals surface area contributed by atoms with Crippen molar-refractivity contribution in [2.24, 2.45) is 0 Å². The van der Waals surface area contributed by atoms with Gasteiger partial charge < -0.3 is 14.0 Å². The Kier molecular flexibility index (Phi) is 7.33. The Labute approximate surface area is 175 Å². The molecule has 7 nitrogen and oxygen atoms in total. The maximum Gasteiger partial charge on any atom is 0.343 e. The van der Waals surface area contributed by atoms with Crippen LogP contribution in [0.1, 0.15) is 28.5 Å². The number of pyridine rings is 2. The zero-order valence-corrected chi connectivity index (χ0v) is 17.9. The van der Waals surface area contributed by atoms with Crippen molar-refractivity contribution in [3.63, 3.8) is 0 Å². The fraction of sp³-hybridized carbons (Fsp3) is 0.476. The molecule has 0 saturated heterocycles. The van der Waals surface area contributed by atoms with Crippen molar-refractivity contribution < 1.29 is 14.3 Å². The first kappa shape index (κ1) is 21.4. The molecule has 1 unspecified atom stereocenters. The number of carbonyl (C=O) groups excluding carboxylic acids is 1. The van der Waals surface area contributed by atoms with Crippen molar-refractivity contribution in [3.05, 3.63) is 57.8 Å². The van der Waals surface area contributed by atoms with Crippen LogP contribution in [0.3, 0.4) is 0 Å². The number of hydrogen-bond acceptors (Lipinski definition) is 7. The Morgan fingerprint density at radius 3 is 2.86 bits per heavy atom. The smallest absolute Gasteiger partial charge is 0.343 e. The van der Waals surface area contributed by atoms with Crippen LogP contribution in [0, 0.1) is 0 Å². The molecule has 3 heterocycles. The highest BCUT2D eigenvalue weighted by Crippen LogP contribution is 2.25. The molecule has 156 valence electrons. The van der Waals surface area contributed by atoms with Gasteiger partial charge in [0.15, 0.2) is 0 Å². The second-order valence-electron chi connectivity index (χ2n) is 7.05. The van der Waals surface area contributed by atoms with Crippen LogP contribution >= 0.6 is 11.8 Å². The summed E-state index contributed by atoms with van der Waals surface area (Å²) in [6.07, 6.45) is 6.05. The first-order valence-electron chi connectivity index (χ1n) is 9.64. The maximum absolute atomic E-state index is 12.8. The van der Waals surface area contributed by atoms with Gasteiger partial charge in [0.25, 0.3) is 5.56 Å². The Bertz CT molecular complexity index is 901. The number of rotatable bonds is 7. The lowest BCUT2D eigenvalue weighted by Crippen LogP contribution is -2.37. The van der Waals surface area contributed by atoms with E-state index in [1.165, 1.54) is 13.2 Å². The summed E-state index contributed by atoms with van der Waals surface area (Å²) in [6, 6.07) is 5.49. The molecule has 0 fully saturated rings. The molecule has 2 aromatic rings. The largest absolute Gasteiger partial charge is 0.488 e. The van der Waals surface area contributed by atoms with E-state index in [1.807, 2.05) is 12.1 Å². The minimum Gasteiger partial charge on any atom is -0.488 e. The van der Waals surface area contributed by atoms with Gasteiger partial charge in [0.1, 0.15) is 17.9 Å². The summed E-state index contributed by atoms with van der Waals surface area (Å²) in [5, 5.41) is 0. The standard InChI is InChI=1S/C21H27N3O4S/c1-15(14-29-3)23-8-6-17-20(21(26)27-2)18(11-19(25)24(17)10-9-23)28-13-16-5-4-7-22-12-16/h4-5,7,11-12,15H,6,8-10,13-14H2,1-3H3. The molecule has 8 heteroatoms. The van der Waals surface area contributed by atoms with Crippen LogP contribution in [0.5, 0.6) is 5.75 Å². The number of carbonyl (C=O) groups is 1. The van der Waals surface area contributed by atoms with E-state index in [1.54, 1.807) is 28.7 Å². The predicted octanol–water partition coefficient (Wildman–Crippen LogP) is 2.22. The molecule has 0 bridgehead atoms. The lowest BCUT2D eigenvalue weighted by atomic mass is 10.1. The summed E-state index contributed by atoms with van der Waals surface area (Å²) in [5.74, 6) is 0.803.